The highest BCUT2D eigenvalue weighted by Gasteiger charge is 2.20. The summed E-state index contributed by atoms with van der Waals surface area (Å²) in [6.45, 7) is 8.02. The van der Waals surface area contributed by atoms with Gasteiger partial charge in [0.05, 0.1) is 12.2 Å². The van der Waals surface area contributed by atoms with Crippen molar-refractivity contribution in [3.05, 3.63) is 65.5 Å². The standard InChI is InChI=1S/C22H30N4O/c1-3-19-7-9-20(10-8-19)16-24(2)22(27)18-26-14-12-25(13-15-26)17-21-6-4-5-11-23-21/h4-11H,3,12-18H2,1-2H3. The number of benzene rings is 1. The van der Waals surface area contributed by atoms with Crippen LogP contribution in [0.15, 0.2) is 48.7 Å². The third kappa shape index (κ3) is 5.88. The second-order valence-electron chi connectivity index (χ2n) is 7.29. The number of carbonyl (C=O) groups is 1. The van der Waals surface area contributed by atoms with Crippen LogP contribution in [0, 0.1) is 0 Å². The lowest BCUT2D eigenvalue weighted by Crippen LogP contribution is -2.49. The van der Waals surface area contributed by atoms with Crippen LogP contribution in [0.25, 0.3) is 0 Å². The van der Waals surface area contributed by atoms with Gasteiger partial charge in [0.25, 0.3) is 0 Å². The molecule has 2 aromatic rings. The van der Waals surface area contributed by atoms with E-state index in [0.717, 1.165) is 44.8 Å². The van der Waals surface area contributed by atoms with Gasteiger partial charge in [-0.1, -0.05) is 37.3 Å². The molecule has 0 saturated carbocycles. The molecule has 1 aliphatic heterocycles. The van der Waals surface area contributed by atoms with E-state index in [1.165, 1.54) is 11.1 Å². The average molecular weight is 367 g/mol. The summed E-state index contributed by atoms with van der Waals surface area (Å²) in [5, 5.41) is 0. The minimum absolute atomic E-state index is 0.188. The second kappa shape index (κ2) is 9.62. The molecule has 2 heterocycles. The summed E-state index contributed by atoms with van der Waals surface area (Å²) >= 11 is 0. The Bertz CT molecular complexity index is 709. The van der Waals surface area contributed by atoms with Crippen molar-refractivity contribution >= 4 is 5.91 Å². The second-order valence-corrected chi connectivity index (χ2v) is 7.29. The van der Waals surface area contributed by atoms with E-state index < -0.39 is 0 Å². The molecule has 1 aromatic carbocycles. The van der Waals surface area contributed by atoms with Gasteiger partial charge in [-0.2, -0.15) is 0 Å². The van der Waals surface area contributed by atoms with Gasteiger partial charge >= 0.3 is 0 Å². The zero-order valence-corrected chi connectivity index (χ0v) is 16.5. The van der Waals surface area contributed by atoms with Crippen molar-refractivity contribution in [1.82, 2.24) is 19.7 Å². The fourth-order valence-electron chi connectivity index (χ4n) is 3.38. The van der Waals surface area contributed by atoms with Gasteiger partial charge in [0.15, 0.2) is 0 Å². The first-order valence-corrected chi connectivity index (χ1v) is 9.80. The molecular weight excluding hydrogens is 336 g/mol. The molecule has 3 rings (SSSR count). The van der Waals surface area contributed by atoms with Crippen molar-refractivity contribution in [2.75, 3.05) is 39.8 Å². The van der Waals surface area contributed by atoms with Gasteiger partial charge < -0.3 is 4.90 Å². The Hall–Kier alpha value is -2.24. The van der Waals surface area contributed by atoms with Gasteiger partial charge in [0.2, 0.25) is 5.91 Å². The van der Waals surface area contributed by atoms with Crippen molar-refractivity contribution in [3.63, 3.8) is 0 Å². The minimum Gasteiger partial charge on any atom is -0.340 e. The van der Waals surface area contributed by atoms with Crippen LogP contribution in [0.2, 0.25) is 0 Å². The predicted octanol–water partition coefficient (Wildman–Crippen LogP) is 2.42. The van der Waals surface area contributed by atoms with Crippen LogP contribution >= 0.6 is 0 Å². The van der Waals surface area contributed by atoms with E-state index >= 15 is 0 Å². The number of amides is 1. The fourth-order valence-corrected chi connectivity index (χ4v) is 3.38. The van der Waals surface area contributed by atoms with Crippen LogP contribution in [-0.4, -0.2) is 65.4 Å². The molecule has 1 aromatic heterocycles. The summed E-state index contributed by atoms with van der Waals surface area (Å²) < 4.78 is 0. The molecule has 0 atom stereocenters. The molecule has 0 unspecified atom stereocenters. The van der Waals surface area contributed by atoms with Gasteiger partial charge in [-0.15, -0.1) is 0 Å². The number of hydrogen-bond acceptors (Lipinski definition) is 4. The first-order chi connectivity index (χ1) is 13.1. The van der Waals surface area contributed by atoms with Crippen molar-refractivity contribution < 1.29 is 4.79 Å². The maximum atomic E-state index is 12.6. The number of rotatable bonds is 7. The maximum Gasteiger partial charge on any atom is 0.236 e. The molecule has 0 aliphatic carbocycles. The van der Waals surface area contributed by atoms with Gasteiger partial charge in [0, 0.05) is 52.5 Å². The number of hydrogen-bond donors (Lipinski definition) is 0. The third-order valence-electron chi connectivity index (χ3n) is 5.21. The molecule has 1 amide bonds. The molecular formula is C22H30N4O. The molecule has 1 aliphatic rings. The highest BCUT2D eigenvalue weighted by Crippen LogP contribution is 2.09. The number of pyridine rings is 1. The number of aromatic nitrogens is 1. The van der Waals surface area contributed by atoms with E-state index in [9.17, 15) is 4.79 Å². The lowest BCUT2D eigenvalue weighted by Gasteiger charge is -2.34. The van der Waals surface area contributed by atoms with Gasteiger partial charge in [-0.25, -0.2) is 0 Å². The summed E-state index contributed by atoms with van der Waals surface area (Å²) in [6, 6.07) is 14.6. The van der Waals surface area contributed by atoms with Gasteiger partial charge in [-0.3, -0.25) is 19.6 Å². The van der Waals surface area contributed by atoms with Crippen LogP contribution in [0.5, 0.6) is 0 Å². The highest BCUT2D eigenvalue weighted by molar-refractivity contribution is 5.78. The summed E-state index contributed by atoms with van der Waals surface area (Å²) in [4.78, 5) is 23.5. The Morgan fingerprint density at radius 2 is 1.67 bits per heavy atom. The van der Waals surface area contributed by atoms with Crippen LogP contribution in [0.3, 0.4) is 0 Å². The Balaban J connectivity index is 1.41. The number of piperazine rings is 1. The smallest absolute Gasteiger partial charge is 0.236 e. The first-order valence-electron chi connectivity index (χ1n) is 9.80. The third-order valence-corrected chi connectivity index (χ3v) is 5.21. The molecule has 5 nitrogen and oxygen atoms in total. The molecule has 0 N–H and O–H groups in total. The van der Waals surface area contributed by atoms with E-state index in [0.29, 0.717) is 13.1 Å². The number of likely N-dealkylation sites (N-methyl/N-ethyl adjacent to an activating group) is 1. The molecule has 0 radical (unpaired) electrons. The lowest BCUT2D eigenvalue weighted by atomic mass is 10.1. The first kappa shape index (κ1) is 19.5. The predicted molar refractivity (Wildman–Crippen MR) is 108 cm³/mol. The van der Waals surface area contributed by atoms with E-state index in [2.05, 4.69) is 52.0 Å². The lowest BCUT2D eigenvalue weighted by molar-refractivity contribution is -0.132. The Kier molecular flexibility index (Phi) is 6.96. The number of aryl methyl sites for hydroxylation is 1. The topological polar surface area (TPSA) is 39.7 Å². The summed E-state index contributed by atoms with van der Waals surface area (Å²) in [5.41, 5.74) is 3.62. The zero-order chi connectivity index (χ0) is 19.1. The zero-order valence-electron chi connectivity index (χ0n) is 16.5. The molecule has 5 heteroatoms. The monoisotopic (exact) mass is 366 g/mol. The molecule has 0 spiro atoms. The maximum absolute atomic E-state index is 12.6. The van der Waals surface area contributed by atoms with Crippen molar-refractivity contribution in [3.8, 4) is 0 Å². The molecule has 1 fully saturated rings. The Morgan fingerprint density at radius 1 is 1.00 bits per heavy atom. The van der Waals surface area contributed by atoms with Crippen molar-refractivity contribution in [1.29, 1.82) is 0 Å². The van der Waals surface area contributed by atoms with E-state index in [-0.39, 0.29) is 5.91 Å². The van der Waals surface area contributed by atoms with Gasteiger partial charge in [-0.05, 0) is 29.7 Å². The summed E-state index contributed by atoms with van der Waals surface area (Å²) in [6.07, 6.45) is 2.89. The minimum atomic E-state index is 0.188. The average Bonchev–Trinajstić information content (AvgIpc) is 2.71. The van der Waals surface area contributed by atoms with Crippen LogP contribution < -0.4 is 0 Å². The molecule has 1 saturated heterocycles. The summed E-state index contributed by atoms with van der Waals surface area (Å²) in [5.74, 6) is 0.188. The highest BCUT2D eigenvalue weighted by atomic mass is 16.2. The van der Waals surface area contributed by atoms with Crippen LogP contribution in [0.4, 0.5) is 0 Å². The Labute approximate surface area is 162 Å². The molecule has 27 heavy (non-hydrogen) atoms. The Morgan fingerprint density at radius 3 is 2.30 bits per heavy atom. The van der Waals surface area contributed by atoms with Crippen LogP contribution in [0.1, 0.15) is 23.7 Å². The SMILES string of the molecule is CCc1ccc(CN(C)C(=O)CN2CCN(Cc3ccccn3)CC2)cc1. The fraction of sp³-hybridized carbons (Fsp3) is 0.455. The summed E-state index contributed by atoms with van der Waals surface area (Å²) in [7, 11) is 1.90. The molecule has 0 bridgehead atoms. The van der Waals surface area contributed by atoms with E-state index in [1.54, 1.807) is 0 Å². The van der Waals surface area contributed by atoms with Crippen molar-refractivity contribution in [2.24, 2.45) is 0 Å². The number of carbonyl (C=O) groups excluding carboxylic acids is 1. The van der Waals surface area contributed by atoms with E-state index in [4.69, 9.17) is 0 Å². The quantitative estimate of drug-likeness (QED) is 0.755. The number of nitrogens with zero attached hydrogens (tertiary/aromatic N) is 4. The van der Waals surface area contributed by atoms with Crippen LogP contribution in [-0.2, 0) is 24.3 Å². The molecule has 144 valence electrons. The van der Waals surface area contributed by atoms with Crippen molar-refractivity contribution in [2.45, 2.75) is 26.4 Å². The largest absolute Gasteiger partial charge is 0.340 e. The normalized spacial score (nSPS) is 15.6. The van der Waals surface area contributed by atoms with E-state index in [1.807, 2.05) is 30.3 Å². The van der Waals surface area contributed by atoms with Gasteiger partial charge in [0.1, 0.15) is 0 Å².